The van der Waals surface area contributed by atoms with Gasteiger partial charge in [0, 0.05) is 0 Å². The molecule has 1 rings (SSSR count). The Hall–Kier alpha value is -1.71. The average Bonchev–Trinajstić information content (AvgIpc) is 2.17. The molecular weight excluding hydrogens is 204 g/mol. The Labute approximate surface area is 95.0 Å². The quantitative estimate of drug-likeness (QED) is 0.796. The number of azo groups is 1. The fourth-order valence-electron chi connectivity index (χ4n) is 1.12. The van der Waals surface area contributed by atoms with Gasteiger partial charge in [-0.15, -0.1) is 0 Å². The van der Waals surface area contributed by atoms with Gasteiger partial charge in [-0.2, -0.15) is 10.2 Å². The van der Waals surface area contributed by atoms with Crippen LogP contribution >= 0.6 is 0 Å². The highest BCUT2D eigenvalue weighted by Gasteiger charge is 2.19. The topological polar surface area (TPSA) is 62.0 Å². The van der Waals surface area contributed by atoms with E-state index in [0.717, 1.165) is 0 Å². The first kappa shape index (κ1) is 12.4. The third-order valence-corrected chi connectivity index (χ3v) is 1.82. The molecule has 0 aliphatic carbocycles. The van der Waals surface area contributed by atoms with Gasteiger partial charge in [0.15, 0.2) is 6.04 Å². The Morgan fingerprint density at radius 1 is 1.25 bits per heavy atom. The van der Waals surface area contributed by atoms with E-state index in [1.807, 2.05) is 26.8 Å². The van der Waals surface area contributed by atoms with Gasteiger partial charge in [-0.05, 0) is 26.3 Å². The molecule has 1 aromatic carbocycles. The molecule has 1 aromatic rings. The van der Waals surface area contributed by atoms with Crippen molar-refractivity contribution in [3.8, 4) is 0 Å². The van der Waals surface area contributed by atoms with Crippen LogP contribution in [0.1, 0.15) is 32.4 Å². The molecule has 0 spiro atoms. The lowest BCUT2D eigenvalue weighted by atomic mass is 10.1. The van der Waals surface area contributed by atoms with Crippen LogP contribution in [-0.4, -0.2) is 16.6 Å². The molecule has 0 amide bonds. The summed E-state index contributed by atoms with van der Waals surface area (Å²) < 4.78 is 0. The molecule has 0 aliphatic rings. The maximum atomic E-state index is 11.1. The fourth-order valence-corrected chi connectivity index (χ4v) is 1.12. The van der Waals surface area contributed by atoms with Gasteiger partial charge >= 0.3 is 5.97 Å². The van der Waals surface area contributed by atoms with E-state index in [2.05, 4.69) is 10.2 Å². The Morgan fingerprint density at radius 3 is 2.25 bits per heavy atom. The van der Waals surface area contributed by atoms with E-state index < -0.39 is 12.0 Å². The minimum atomic E-state index is -0.987. The highest BCUT2D eigenvalue weighted by molar-refractivity contribution is 5.75. The van der Waals surface area contributed by atoms with Crippen molar-refractivity contribution in [3.63, 3.8) is 0 Å². The average molecular weight is 220 g/mol. The summed E-state index contributed by atoms with van der Waals surface area (Å²) in [5, 5.41) is 17.0. The van der Waals surface area contributed by atoms with Gasteiger partial charge in [0.1, 0.15) is 0 Å². The van der Waals surface area contributed by atoms with Crippen molar-refractivity contribution in [1.29, 1.82) is 0 Å². The lowest BCUT2D eigenvalue weighted by Gasteiger charge is -2.12. The highest BCUT2D eigenvalue weighted by Crippen LogP contribution is 2.20. The zero-order valence-electron chi connectivity index (χ0n) is 9.71. The third kappa shape index (κ3) is 3.81. The van der Waals surface area contributed by atoms with E-state index in [0.29, 0.717) is 5.56 Å². The Morgan fingerprint density at radius 2 is 1.81 bits per heavy atom. The zero-order chi connectivity index (χ0) is 12.2. The second kappa shape index (κ2) is 4.88. The molecule has 0 aliphatic heterocycles. The van der Waals surface area contributed by atoms with E-state index >= 15 is 0 Å². The number of carbonyl (C=O) groups is 1. The van der Waals surface area contributed by atoms with Gasteiger partial charge in [0.05, 0.1) is 5.54 Å². The molecule has 1 atom stereocenters. The summed E-state index contributed by atoms with van der Waals surface area (Å²) in [6.45, 7) is 5.63. The van der Waals surface area contributed by atoms with Crippen molar-refractivity contribution in [2.75, 3.05) is 0 Å². The number of rotatable bonds is 3. The van der Waals surface area contributed by atoms with Gasteiger partial charge < -0.3 is 5.11 Å². The molecule has 0 heterocycles. The maximum Gasteiger partial charge on any atom is 0.335 e. The predicted octanol–water partition coefficient (Wildman–Crippen LogP) is 3.06. The number of hydrogen-bond donors (Lipinski definition) is 1. The monoisotopic (exact) mass is 220 g/mol. The van der Waals surface area contributed by atoms with Gasteiger partial charge in [-0.25, -0.2) is 4.79 Å². The first-order chi connectivity index (χ1) is 7.40. The molecule has 0 saturated carbocycles. The van der Waals surface area contributed by atoms with Crippen LogP contribution < -0.4 is 0 Å². The van der Waals surface area contributed by atoms with Crippen LogP contribution in [0, 0.1) is 0 Å². The van der Waals surface area contributed by atoms with Gasteiger partial charge in [0.2, 0.25) is 0 Å². The maximum absolute atomic E-state index is 11.1. The van der Waals surface area contributed by atoms with Gasteiger partial charge in [-0.3, -0.25) is 0 Å². The molecule has 86 valence electrons. The van der Waals surface area contributed by atoms with Crippen molar-refractivity contribution in [1.82, 2.24) is 0 Å². The smallest absolute Gasteiger partial charge is 0.335 e. The summed E-state index contributed by atoms with van der Waals surface area (Å²) in [6, 6.07) is 7.97. The van der Waals surface area contributed by atoms with Crippen molar-refractivity contribution in [3.05, 3.63) is 35.9 Å². The minimum Gasteiger partial charge on any atom is -0.479 e. The second-order valence-corrected chi connectivity index (χ2v) is 4.54. The third-order valence-electron chi connectivity index (χ3n) is 1.82. The molecule has 0 bridgehead atoms. The van der Waals surface area contributed by atoms with E-state index in [9.17, 15) is 4.79 Å². The summed E-state index contributed by atoms with van der Waals surface area (Å²) in [5.74, 6) is -0.987. The second-order valence-electron chi connectivity index (χ2n) is 4.54. The fraction of sp³-hybridized carbons (Fsp3) is 0.417. The molecule has 0 radical (unpaired) electrons. The first-order valence-corrected chi connectivity index (χ1v) is 5.10. The molecule has 16 heavy (non-hydrogen) atoms. The molecule has 0 aromatic heterocycles. The lowest BCUT2D eigenvalue weighted by molar-refractivity contribution is -0.138. The minimum absolute atomic E-state index is 0.359. The number of carboxylic acid groups (broad SMARTS) is 1. The zero-order valence-corrected chi connectivity index (χ0v) is 9.71. The van der Waals surface area contributed by atoms with Crippen LogP contribution in [0.25, 0.3) is 0 Å². The van der Waals surface area contributed by atoms with E-state index in [-0.39, 0.29) is 5.54 Å². The standard InChI is InChI=1S/C12H16N2O2/c1-12(2,3)14-13-10(11(15)16)9-7-5-4-6-8-9/h4-8,10H,1-3H3,(H,15,16). The van der Waals surface area contributed by atoms with Crippen molar-refractivity contribution in [2.45, 2.75) is 32.4 Å². The Balaban J connectivity index is 2.94. The van der Waals surface area contributed by atoms with Crippen LogP contribution in [0.2, 0.25) is 0 Å². The molecule has 0 saturated heterocycles. The van der Waals surface area contributed by atoms with Crippen molar-refractivity contribution in [2.24, 2.45) is 10.2 Å². The van der Waals surface area contributed by atoms with Crippen molar-refractivity contribution >= 4 is 5.97 Å². The summed E-state index contributed by atoms with van der Waals surface area (Å²) >= 11 is 0. The molecule has 0 fully saturated rings. The van der Waals surface area contributed by atoms with Gasteiger partial charge in [0.25, 0.3) is 0 Å². The molecule has 4 heteroatoms. The van der Waals surface area contributed by atoms with Crippen LogP contribution in [0.5, 0.6) is 0 Å². The molecular formula is C12H16N2O2. The number of hydrogen-bond acceptors (Lipinski definition) is 3. The van der Waals surface area contributed by atoms with Crippen LogP contribution in [0.4, 0.5) is 0 Å². The molecule has 1 unspecified atom stereocenters. The first-order valence-electron chi connectivity index (χ1n) is 5.10. The van der Waals surface area contributed by atoms with E-state index in [4.69, 9.17) is 5.11 Å². The summed E-state index contributed by atoms with van der Waals surface area (Å²) in [5.41, 5.74) is 0.283. The predicted molar refractivity (Wildman–Crippen MR) is 61.4 cm³/mol. The van der Waals surface area contributed by atoms with Crippen LogP contribution in [0.3, 0.4) is 0 Å². The Bertz CT molecular complexity index is 380. The normalized spacial score (nSPS) is 13.9. The molecule has 4 nitrogen and oxygen atoms in total. The number of carboxylic acids is 1. The summed E-state index contributed by atoms with van der Waals surface area (Å²) in [6.07, 6.45) is 0. The number of benzene rings is 1. The van der Waals surface area contributed by atoms with E-state index in [1.165, 1.54) is 0 Å². The number of nitrogens with zero attached hydrogens (tertiary/aromatic N) is 2. The van der Waals surface area contributed by atoms with Crippen molar-refractivity contribution < 1.29 is 9.90 Å². The van der Waals surface area contributed by atoms with Crippen LogP contribution in [-0.2, 0) is 4.79 Å². The lowest BCUT2D eigenvalue weighted by Crippen LogP contribution is -2.13. The largest absolute Gasteiger partial charge is 0.479 e. The van der Waals surface area contributed by atoms with Gasteiger partial charge in [-0.1, -0.05) is 30.3 Å². The SMILES string of the molecule is CC(C)(C)N=NC(C(=O)O)c1ccccc1. The van der Waals surface area contributed by atoms with E-state index in [1.54, 1.807) is 24.3 Å². The Kier molecular flexibility index (Phi) is 3.77. The highest BCUT2D eigenvalue weighted by atomic mass is 16.4. The summed E-state index contributed by atoms with van der Waals surface area (Å²) in [7, 11) is 0. The summed E-state index contributed by atoms with van der Waals surface area (Å²) in [4.78, 5) is 11.1. The number of aliphatic carboxylic acids is 1. The molecule has 1 N–H and O–H groups in total. The van der Waals surface area contributed by atoms with Crippen LogP contribution in [0.15, 0.2) is 40.6 Å².